The normalized spacial score (nSPS) is 13.6. The summed E-state index contributed by atoms with van der Waals surface area (Å²) in [6.45, 7) is 1.25. The van der Waals surface area contributed by atoms with Crippen LogP contribution in [0.3, 0.4) is 0 Å². The molecule has 0 radical (unpaired) electrons. The second-order valence-corrected chi connectivity index (χ2v) is 7.85. The SMILES string of the molecule is O=C(c1cc2ccccn2n1)N1CCc2[nH]nc(CSc3ccccc3)c2C1. The van der Waals surface area contributed by atoms with Gasteiger partial charge in [0.05, 0.1) is 11.2 Å². The molecular weight excluding hydrogens is 370 g/mol. The molecule has 0 bridgehead atoms. The lowest BCUT2D eigenvalue weighted by Crippen LogP contribution is -2.36. The van der Waals surface area contributed by atoms with Gasteiger partial charge in [-0.3, -0.25) is 9.89 Å². The van der Waals surface area contributed by atoms with E-state index in [1.807, 2.05) is 53.6 Å². The largest absolute Gasteiger partial charge is 0.332 e. The van der Waals surface area contributed by atoms with Crippen molar-refractivity contribution >= 4 is 23.2 Å². The van der Waals surface area contributed by atoms with Gasteiger partial charge in [0.15, 0.2) is 5.69 Å². The molecule has 140 valence electrons. The highest BCUT2D eigenvalue weighted by molar-refractivity contribution is 7.98. The Bertz CT molecular complexity index is 1100. The zero-order valence-corrected chi connectivity index (χ0v) is 16.0. The summed E-state index contributed by atoms with van der Waals surface area (Å²) >= 11 is 1.76. The van der Waals surface area contributed by atoms with E-state index in [-0.39, 0.29) is 5.91 Å². The Labute approximate surface area is 166 Å². The first kappa shape index (κ1) is 17.1. The van der Waals surface area contributed by atoms with Crippen LogP contribution in [0.2, 0.25) is 0 Å². The highest BCUT2D eigenvalue weighted by atomic mass is 32.2. The molecule has 7 heteroatoms. The van der Waals surface area contributed by atoms with Crippen LogP contribution in [0.15, 0.2) is 65.7 Å². The zero-order chi connectivity index (χ0) is 18.9. The quantitative estimate of drug-likeness (QED) is 0.542. The van der Waals surface area contributed by atoms with Crippen molar-refractivity contribution in [3.63, 3.8) is 0 Å². The van der Waals surface area contributed by atoms with Gasteiger partial charge in [0, 0.05) is 47.6 Å². The number of carbonyl (C=O) groups is 1. The zero-order valence-electron chi connectivity index (χ0n) is 15.2. The number of hydrogen-bond donors (Lipinski definition) is 1. The summed E-state index contributed by atoms with van der Waals surface area (Å²) in [5, 5.41) is 12.1. The van der Waals surface area contributed by atoms with Crippen LogP contribution < -0.4 is 0 Å². The molecule has 0 spiro atoms. The smallest absolute Gasteiger partial charge is 0.274 e. The molecule has 4 aromatic rings. The molecular formula is C21H19N5OS. The van der Waals surface area contributed by atoms with Crippen LogP contribution in [0.5, 0.6) is 0 Å². The van der Waals surface area contributed by atoms with Crippen LogP contribution in [0.4, 0.5) is 0 Å². The fourth-order valence-electron chi connectivity index (χ4n) is 3.52. The topological polar surface area (TPSA) is 66.3 Å². The van der Waals surface area contributed by atoms with Crippen LogP contribution in [-0.2, 0) is 18.7 Å². The van der Waals surface area contributed by atoms with E-state index in [1.54, 1.807) is 16.3 Å². The molecule has 1 aromatic carbocycles. The number of benzene rings is 1. The summed E-state index contributed by atoms with van der Waals surface area (Å²) in [6.07, 6.45) is 2.65. The van der Waals surface area contributed by atoms with Crippen molar-refractivity contribution in [2.45, 2.75) is 23.6 Å². The van der Waals surface area contributed by atoms with Gasteiger partial charge in [-0.2, -0.15) is 10.2 Å². The van der Waals surface area contributed by atoms with Gasteiger partial charge in [-0.15, -0.1) is 11.8 Å². The molecule has 1 aliphatic rings. The highest BCUT2D eigenvalue weighted by Crippen LogP contribution is 2.27. The Hall–Kier alpha value is -3.06. The number of nitrogens with one attached hydrogen (secondary N) is 1. The summed E-state index contributed by atoms with van der Waals surface area (Å²) in [5.74, 6) is 0.754. The number of pyridine rings is 1. The second-order valence-electron chi connectivity index (χ2n) is 6.81. The van der Waals surface area contributed by atoms with Crippen LogP contribution in [0.1, 0.15) is 27.4 Å². The van der Waals surface area contributed by atoms with Crippen molar-refractivity contribution in [3.05, 3.63) is 83.4 Å². The van der Waals surface area contributed by atoms with Crippen LogP contribution in [0, 0.1) is 0 Å². The number of aromatic amines is 1. The minimum Gasteiger partial charge on any atom is -0.332 e. The average Bonchev–Trinajstić information content (AvgIpc) is 3.36. The maximum atomic E-state index is 13.0. The lowest BCUT2D eigenvalue weighted by atomic mass is 10.1. The lowest BCUT2D eigenvalue weighted by molar-refractivity contribution is 0.0727. The predicted octanol–water partition coefficient (Wildman–Crippen LogP) is 3.55. The standard InChI is InChI=1S/C21H19N5OS/c27-21(19-12-15-6-4-5-10-26(15)24-19)25-11-9-18-17(13-25)20(23-22-18)14-28-16-7-2-1-3-8-16/h1-8,10,12H,9,11,13-14H2,(H,22,23). The molecule has 1 amide bonds. The summed E-state index contributed by atoms with van der Waals surface area (Å²) in [4.78, 5) is 16.1. The third-order valence-corrected chi connectivity index (χ3v) is 6.04. The van der Waals surface area contributed by atoms with Crippen LogP contribution in [0.25, 0.3) is 5.52 Å². The molecule has 5 rings (SSSR count). The first-order valence-corrected chi connectivity index (χ1v) is 10.2. The molecule has 0 saturated carbocycles. The molecule has 1 aliphatic heterocycles. The predicted molar refractivity (Wildman–Crippen MR) is 108 cm³/mol. The van der Waals surface area contributed by atoms with Crippen molar-refractivity contribution in [1.29, 1.82) is 0 Å². The number of carbonyl (C=O) groups excluding carboxylic acids is 1. The first-order chi connectivity index (χ1) is 13.8. The van der Waals surface area contributed by atoms with Gasteiger partial charge in [-0.25, -0.2) is 4.52 Å². The number of rotatable bonds is 4. The molecule has 0 saturated heterocycles. The van der Waals surface area contributed by atoms with E-state index in [0.29, 0.717) is 18.8 Å². The minimum atomic E-state index is -0.0304. The third kappa shape index (κ3) is 3.18. The lowest BCUT2D eigenvalue weighted by Gasteiger charge is -2.26. The van der Waals surface area contributed by atoms with Crippen molar-refractivity contribution in [2.75, 3.05) is 6.54 Å². The Morgan fingerprint density at radius 1 is 1.14 bits per heavy atom. The van der Waals surface area contributed by atoms with Gasteiger partial charge in [-0.1, -0.05) is 24.3 Å². The molecule has 1 N–H and O–H groups in total. The fourth-order valence-corrected chi connectivity index (χ4v) is 4.41. The van der Waals surface area contributed by atoms with Crippen molar-refractivity contribution in [1.82, 2.24) is 24.7 Å². The summed E-state index contributed by atoms with van der Waals surface area (Å²) in [6, 6.07) is 17.9. The molecule has 0 aliphatic carbocycles. The van der Waals surface area contributed by atoms with E-state index < -0.39 is 0 Å². The Balaban J connectivity index is 1.34. The number of thioether (sulfide) groups is 1. The number of fused-ring (bicyclic) bond motifs is 2. The van der Waals surface area contributed by atoms with E-state index in [0.717, 1.165) is 34.6 Å². The molecule has 3 aromatic heterocycles. The summed E-state index contributed by atoms with van der Waals surface area (Å²) in [7, 11) is 0. The summed E-state index contributed by atoms with van der Waals surface area (Å²) in [5.41, 5.74) is 4.72. The van der Waals surface area contributed by atoms with E-state index >= 15 is 0 Å². The monoisotopic (exact) mass is 389 g/mol. The van der Waals surface area contributed by atoms with Crippen molar-refractivity contribution in [3.8, 4) is 0 Å². The van der Waals surface area contributed by atoms with Gasteiger partial charge in [0.1, 0.15) is 0 Å². The molecule has 0 atom stereocenters. The average molecular weight is 389 g/mol. The number of nitrogens with zero attached hydrogens (tertiary/aromatic N) is 4. The van der Waals surface area contributed by atoms with Crippen molar-refractivity contribution in [2.24, 2.45) is 0 Å². The third-order valence-electron chi connectivity index (χ3n) is 5.01. The highest BCUT2D eigenvalue weighted by Gasteiger charge is 2.27. The van der Waals surface area contributed by atoms with E-state index in [9.17, 15) is 4.79 Å². The minimum absolute atomic E-state index is 0.0304. The van der Waals surface area contributed by atoms with Gasteiger partial charge >= 0.3 is 0 Å². The van der Waals surface area contributed by atoms with Crippen LogP contribution in [-0.4, -0.2) is 37.2 Å². The number of hydrogen-bond acceptors (Lipinski definition) is 4. The fraction of sp³-hybridized carbons (Fsp3) is 0.190. The van der Waals surface area contributed by atoms with E-state index in [2.05, 4.69) is 27.4 Å². The molecule has 28 heavy (non-hydrogen) atoms. The van der Waals surface area contributed by atoms with Crippen LogP contribution >= 0.6 is 11.8 Å². The summed E-state index contributed by atoms with van der Waals surface area (Å²) < 4.78 is 1.74. The first-order valence-electron chi connectivity index (χ1n) is 9.24. The Morgan fingerprint density at radius 2 is 2.00 bits per heavy atom. The van der Waals surface area contributed by atoms with Crippen molar-refractivity contribution < 1.29 is 4.79 Å². The number of amides is 1. The maximum Gasteiger partial charge on any atom is 0.274 e. The number of H-pyrrole nitrogens is 1. The maximum absolute atomic E-state index is 13.0. The van der Waals surface area contributed by atoms with E-state index in [4.69, 9.17) is 0 Å². The van der Waals surface area contributed by atoms with Gasteiger partial charge in [0.25, 0.3) is 5.91 Å². The Morgan fingerprint density at radius 3 is 2.86 bits per heavy atom. The van der Waals surface area contributed by atoms with Gasteiger partial charge in [0.2, 0.25) is 0 Å². The molecule has 4 heterocycles. The molecule has 0 fully saturated rings. The number of aromatic nitrogens is 4. The second kappa shape index (κ2) is 7.16. The van der Waals surface area contributed by atoms with Gasteiger partial charge < -0.3 is 4.90 Å². The van der Waals surface area contributed by atoms with Gasteiger partial charge in [-0.05, 0) is 30.3 Å². The Kier molecular flexibility index (Phi) is 4.37. The molecule has 0 unspecified atom stereocenters. The van der Waals surface area contributed by atoms with E-state index in [1.165, 1.54) is 4.90 Å². The molecule has 6 nitrogen and oxygen atoms in total.